The van der Waals surface area contributed by atoms with Crippen LogP contribution in [0.3, 0.4) is 0 Å². The quantitative estimate of drug-likeness (QED) is 0.620. The van der Waals surface area contributed by atoms with E-state index in [-0.39, 0.29) is 33.5 Å². The maximum Gasteiger partial charge on any atom is 0.231 e. The highest BCUT2D eigenvalue weighted by Crippen LogP contribution is 2.30. The molecule has 1 aliphatic carbocycles. The highest BCUT2D eigenvalue weighted by Gasteiger charge is 2.34. The fraction of sp³-hybridized carbons (Fsp3) is 0.0769. The van der Waals surface area contributed by atoms with E-state index < -0.39 is 0 Å². The summed E-state index contributed by atoms with van der Waals surface area (Å²) in [5, 5.41) is 0.243. The Kier molecular flexibility index (Phi) is 2.28. The lowest BCUT2D eigenvalue weighted by atomic mass is 9.88. The highest BCUT2D eigenvalue weighted by molar-refractivity contribution is 6.38. The van der Waals surface area contributed by atoms with Crippen molar-refractivity contribution < 1.29 is 9.59 Å². The van der Waals surface area contributed by atoms with Crippen molar-refractivity contribution in [3.8, 4) is 0 Å². The number of aromatic nitrogens is 2. The zero-order valence-corrected chi connectivity index (χ0v) is 10.2. The van der Waals surface area contributed by atoms with Gasteiger partial charge in [-0.25, -0.2) is 0 Å². The number of ketones is 2. The molecule has 0 radical (unpaired) electrons. The molecule has 0 unspecified atom stereocenters. The van der Waals surface area contributed by atoms with Crippen LogP contribution in [0.15, 0.2) is 24.5 Å². The Hall–Kier alpha value is -2.07. The number of fused-ring (bicyclic) bond motifs is 2. The predicted octanol–water partition coefficient (Wildman–Crippen LogP) is 2.21. The van der Waals surface area contributed by atoms with Crippen LogP contribution in [0.5, 0.6) is 0 Å². The number of carbonyl (C=O) groups excluding carboxylic acids is 2. The molecule has 18 heavy (non-hydrogen) atoms. The average Bonchev–Trinajstić information content (AvgIpc) is 2.35. The lowest BCUT2D eigenvalue weighted by molar-refractivity contribution is 0.0971. The number of halogens is 1. The van der Waals surface area contributed by atoms with Crippen molar-refractivity contribution in [1.29, 1.82) is 0 Å². The third kappa shape index (κ3) is 1.32. The van der Waals surface area contributed by atoms with Gasteiger partial charge in [0.05, 0.1) is 16.1 Å². The second kappa shape index (κ2) is 3.71. The third-order valence-electron chi connectivity index (χ3n) is 2.94. The molecule has 0 amide bonds. The molecule has 3 rings (SSSR count). The maximum atomic E-state index is 12.4. The maximum absolute atomic E-state index is 12.4. The first-order valence-corrected chi connectivity index (χ1v) is 5.68. The molecule has 0 saturated heterocycles. The molecule has 2 aromatic rings. The lowest BCUT2D eigenvalue weighted by Gasteiger charge is -2.17. The van der Waals surface area contributed by atoms with Gasteiger partial charge in [0.2, 0.25) is 5.78 Å². The van der Waals surface area contributed by atoms with E-state index in [9.17, 15) is 9.59 Å². The third-order valence-corrected chi connectivity index (χ3v) is 3.26. The summed E-state index contributed by atoms with van der Waals surface area (Å²) < 4.78 is 0. The van der Waals surface area contributed by atoms with Crippen LogP contribution >= 0.6 is 11.6 Å². The fourth-order valence-electron chi connectivity index (χ4n) is 2.08. The Bertz CT molecular complexity index is 653. The lowest BCUT2D eigenvalue weighted by Crippen LogP contribution is -2.24. The summed E-state index contributed by atoms with van der Waals surface area (Å²) in [6, 6.07) is 3.20. The van der Waals surface area contributed by atoms with Crippen LogP contribution in [0, 0.1) is 6.92 Å². The number of pyridine rings is 2. The molecule has 0 bridgehead atoms. The van der Waals surface area contributed by atoms with Crippen LogP contribution in [0.1, 0.15) is 37.7 Å². The van der Waals surface area contributed by atoms with Gasteiger partial charge in [-0.1, -0.05) is 11.6 Å². The zero-order valence-electron chi connectivity index (χ0n) is 9.40. The highest BCUT2D eigenvalue weighted by atomic mass is 35.5. The normalized spacial score (nSPS) is 13.2. The number of rotatable bonds is 0. The molecule has 1 aliphatic rings. The molecule has 0 fully saturated rings. The monoisotopic (exact) mass is 258 g/mol. The SMILES string of the molecule is Cc1ccnc2c1C(=O)c1c(Cl)ccnc1C2=O. The molecular weight excluding hydrogens is 252 g/mol. The summed E-state index contributed by atoms with van der Waals surface area (Å²) in [5.74, 6) is -0.644. The van der Waals surface area contributed by atoms with Gasteiger partial charge >= 0.3 is 0 Å². The largest absolute Gasteiger partial charge is 0.288 e. The fourth-order valence-corrected chi connectivity index (χ4v) is 2.31. The van der Waals surface area contributed by atoms with Crippen LogP contribution in [0.4, 0.5) is 0 Å². The first-order valence-electron chi connectivity index (χ1n) is 5.30. The molecule has 5 heteroatoms. The number of nitrogens with zero attached hydrogens (tertiary/aromatic N) is 2. The van der Waals surface area contributed by atoms with Crippen molar-refractivity contribution in [2.45, 2.75) is 6.92 Å². The minimum atomic E-state index is -0.356. The Morgan fingerprint density at radius 2 is 1.56 bits per heavy atom. The van der Waals surface area contributed by atoms with E-state index in [0.29, 0.717) is 11.1 Å². The Morgan fingerprint density at radius 1 is 0.944 bits per heavy atom. The number of hydrogen-bond acceptors (Lipinski definition) is 4. The Balaban J connectivity index is 2.40. The molecule has 0 aromatic carbocycles. The zero-order chi connectivity index (χ0) is 12.9. The molecule has 0 saturated carbocycles. The Morgan fingerprint density at radius 3 is 2.28 bits per heavy atom. The van der Waals surface area contributed by atoms with Gasteiger partial charge in [-0.2, -0.15) is 0 Å². The van der Waals surface area contributed by atoms with Crippen molar-refractivity contribution in [2.24, 2.45) is 0 Å². The van der Waals surface area contributed by atoms with Crippen LogP contribution in [-0.4, -0.2) is 21.5 Å². The molecule has 0 N–H and O–H groups in total. The van der Waals surface area contributed by atoms with Crippen molar-refractivity contribution >= 4 is 23.2 Å². The van der Waals surface area contributed by atoms with Crippen LogP contribution in [0.25, 0.3) is 0 Å². The second-order valence-corrected chi connectivity index (χ2v) is 4.43. The van der Waals surface area contributed by atoms with E-state index in [1.807, 2.05) is 0 Å². The molecule has 2 aromatic heterocycles. The van der Waals surface area contributed by atoms with Gasteiger partial charge < -0.3 is 0 Å². The standard InChI is InChI=1S/C13H7ClN2O2/c1-6-2-4-15-10-8(6)12(17)9-7(14)3-5-16-11(9)13(10)18/h2-5H,1H3. The van der Waals surface area contributed by atoms with Crippen LogP contribution < -0.4 is 0 Å². The summed E-state index contributed by atoms with van der Waals surface area (Å²) in [6.45, 7) is 1.76. The summed E-state index contributed by atoms with van der Waals surface area (Å²) >= 11 is 5.99. The summed E-state index contributed by atoms with van der Waals surface area (Å²) in [4.78, 5) is 32.5. The Labute approximate surface area is 108 Å². The van der Waals surface area contributed by atoms with Gasteiger partial charge in [0, 0.05) is 12.4 Å². The molecule has 0 spiro atoms. The molecule has 2 heterocycles. The van der Waals surface area contributed by atoms with Crippen molar-refractivity contribution in [3.63, 3.8) is 0 Å². The van der Waals surface area contributed by atoms with Crippen molar-refractivity contribution in [1.82, 2.24) is 9.97 Å². The van der Waals surface area contributed by atoms with E-state index in [0.717, 1.165) is 0 Å². The van der Waals surface area contributed by atoms with Gasteiger partial charge in [0.1, 0.15) is 11.4 Å². The molecule has 4 nitrogen and oxygen atoms in total. The van der Waals surface area contributed by atoms with Crippen LogP contribution in [0.2, 0.25) is 5.02 Å². The number of hydrogen-bond donors (Lipinski definition) is 0. The van der Waals surface area contributed by atoms with Gasteiger partial charge in [-0.3, -0.25) is 19.6 Å². The van der Waals surface area contributed by atoms with Gasteiger partial charge in [-0.05, 0) is 24.6 Å². The van der Waals surface area contributed by atoms with Gasteiger partial charge in [0.15, 0.2) is 5.78 Å². The minimum absolute atomic E-state index is 0.0816. The first kappa shape index (κ1) is 11.0. The summed E-state index contributed by atoms with van der Waals surface area (Å²) in [6.07, 6.45) is 2.92. The average molecular weight is 259 g/mol. The van der Waals surface area contributed by atoms with Crippen LogP contribution in [-0.2, 0) is 0 Å². The summed E-state index contributed by atoms with van der Waals surface area (Å²) in [7, 11) is 0. The summed E-state index contributed by atoms with van der Waals surface area (Å²) in [5.41, 5.74) is 1.45. The molecule has 0 aliphatic heterocycles. The first-order chi connectivity index (χ1) is 8.61. The van der Waals surface area contributed by atoms with E-state index in [1.165, 1.54) is 18.5 Å². The second-order valence-electron chi connectivity index (χ2n) is 4.03. The molecular formula is C13H7ClN2O2. The van der Waals surface area contributed by atoms with Crippen molar-refractivity contribution in [3.05, 3.63) is 57.6 Å². The van der Waals surface area contributed by atoms with Gasteiger partial charge in [0.25, 0.3) is 0 Å². The topological polar surface area (TPSA) is 59.9 Å². The minimum Gasteiger partial charge on any atom is -0.288 e. The molecule has 0 atom stereocenters. The van der Waals surface area contributed by atoms with Crippen molar-refractivity contribution in [2.75, 3.05) is 0 Å². The predicted molar refractivity (Wildman–Crippen MR) is 65.1 cm³/mol. The van der Waals surface area contributed by atoms with E-state index >= 15 is 0 Å². The smallest absolute Gasteiger partial charge is 0.231 e. The van der Waals surface area contributed by atoms with E-state index in [1.54, 1.807) is 13.0 Å². The van der Waals surface area contributed by atoms with E-state index in [4.69, 9.17) is 11.6 Å². The number of aryl methyl sites for hydroxylation is 1. The molecule has 88 valence electrons. The van der Waals surface area contributed by atoms with E-state index in [2.05, 4.69) is 9.97 Å². The number of carbonyl (C=O) groups is 2. The van der Waals surface area contributed by atoms with Gasteiger partial charge in [-0.15, -0.1) is 0 Å².